The maximum atomic E-state index is 13.8. The Bertz CT molecular complexity index is 1080. The lowest BCUT2D eigenvalue weighted by molar-refractivity contribution is 0.564. The first-order chi connectivity index (χ1) is 12.5. The molecule has 1 unspecified atom stereocenters. The summed E-state index contributed by atoms with van der Waals surface area (Å²) in [5, 5.41) is 0. The number of aliphatic imine (C=N–C) groups is 1. The van der Waals surface area contributed by atoms with Gasteiger partial charge >= 0.3 is 0 Å². The van der Waals surface area contributed by atoms with Crippen LogP contribution in [-0.2, 0) is 11.1 Å². The highest BCUT2D eigenvalue weighted by atomic mass is 32.2. The first kappa shape index (κ1) is 17.1. The molecule has 4 rings (SSSR count). The summed E-state index contributed by atoms with van der Waals surface area (Å²) >= 11 is -0.679. The van der Waals surface area contributed by atoms with Crippen LogP contribution in [0.5, 0.6) is 0 Å². The molecule has 1 aliphatic rings. The van der Waals surface area contributed by atoms with Crippen LogP contribution in [0.15, 0.2) is 80.3 Å². The van der Waals surface area contributed by atoms with Crippen LogP contribution in [0.2, 0.25) is 0 Å². The van der Waals surface area contributed by atoms with E-state index in [9.17, 15) is 13.2 Å². The van der Waals surface area contributed by atoms with Crippen molar-refractivity contribution in [1.82, 2.24) is 0 Å². The van der Waals surface area contributed by atoms with Gasteiger partial charge in [-0.05, 0) is 49.4 Å². The molecule has 0 spiro atoms. The van der Waals surface area contributed by atoms with Gasteiger partial charge < -0.3 is 4.55 Å². The summed E-state index contributed by atoms with van der Waals surface area (Å²) in [6.45, 7) is 2.00. The molecule has 3 aromatic rings. The van der Waals surface area contributed by atoms with Crippen LogP contribution >= 0.6 is 11.8 Å². The Morgan fingerprint density at radius 3 is 2.65 bits per heavy atom. The Balaban J connectivity index is 1.99. The number of hydrogen-bond acceptors (Lipinski definition) is 3. The molecule has 6 heteroatoms. The first-order valence-electron chi connectivity index (χ1n) is 7.90. The van der Waals surface area contributed by atoms with Crippen molar-refractivity contribution in [2.75, 3.05) is 0 Å². The van der Waals surface area contributed by atoms with E-state index >= 15 is 0 Å². The molecule has 0 aromatic heterocycles. The van der Waals surface area contributed by atoms with Gasteiger partial charge in [0.2, 0.25) is 0 Å². The molecule has 1 N–H and O–H groups in total. The van der Waals surface area contributed by atoms with Gasteiger partial charge in [0.05, 0.1) is 16.3 Å². The normalized spacial score (nSPS) is 14.0. The predicted molar refractivity (Wildman–Crippen MR) is 102 cm³/mol. The second-order valence-corrected chi connectivity index (χ2v) is 8.00. The smallest absolute Gasteiger partial charge is 0.186 e. The number of benzene rings is 3. The lowest BCUT2D eigenvalue weighted by atomic mass is 10.0. The number of aryl methyl sites for hydroxylation is 1. The fourth-order valence-corrected chi connectivity index (χ4v) is 4.29. The van der Waals surface area contributed by atoms with Gasteiger partial charge in [0, 0.05) is 20.9 Å². The lowest BCUT2D eigenvalue weighted by Crippen LogP contribution is -2.04. The molecule has 1 atom stereocenters. The summed E-state index contributed by atoms with van der Waals surface area (Å²) in [6, 6.07) is 17.5. The molecule has 0 fully saturated rings. The Kier molecular flexibility index (Phi) is 4.48. The summed E-state index contributed by atoms with van der Waals surface area (Å²) in [4.78, 5) is 6.66. The third kappa shape index (κ3) is 3.23. The summed E-state index contributed by atoms with van der Waals surface area (Å²) in [6.07, 6.45) is 0. The molecular formula is C20H14FNO2S2. The zero-order chi connectivity index (χ0) is 18.3. The zero-order valence-corrected chi connectivity index (χ0v) is 15.4. The van der Waals surface area contributed by atoms with E-state index in [-0.39, 0.29) is 10.7 Å². The van der Waals surface area contributed by atoms with Crippen LogP contribution in [0, 0.1) is 12.7 Å². The molecule has 0 saturated carbocycles. The minimum atomic E-state index is -2.08. The quantitative estimate of drug-likeness (QED) is 0.475. The summed E-state index contributed by atoms with van der Waals surface area (Å²) in [7, 11) is 0. The monoisotopic (exact) mass is 383 g/mol. The third-order valence-electron chi connectivity index (χ3n) is 4.07. The minimum absolute atomic E-state index is 0.286. The highest BCUT2D eigenvalue weighted by Gasteiger charge is 2.20. The molecule has 130 valence electrons. The Hall–Kier alpha value is -2.28. The van der Waals surface area contributed by atoms with Crippen molar-refractivity contribution in [3.63, 3.8) is 0 Å². The lowest BCUT2D eigenvalue weighted by Gasteiger charge is -2.10. The van der Waals surface area contributed by atoms with Crippen molar-refractivity contribution in [2.24, 2.45) is 4.99 Å². The Labute approximate surface area is 157 Å². The van der Waals surface area contributed by atoms with Crippen LogP contribution < -0.4 is 0 Å². The van der Waals surface area contributed by atoms with Gasteiger partial charge in [0.15, 0.2) is 11.1 Å². The number of halogens is 1. The van der Waals surface area contributed by atoms with E-state index in [1.54, 1.807) is 24.3 Å². The number of rotatable bonds is 2. The van der Waals surface area contributed by atoms with Gasteiger partial charge in [-0.15, -0.1) is 0 Å². The van der Waals surface area contributed by atoms with Crippen molar-refractivity contribution in [1.29, 1.82) is 0 Å². The molecular weight excluding hydrogens is 369 g/mol. The average Bonchev–Trinajstić information content (AvgIpc) is 2.77. The number of hydrogen-bond donors (Lipinski definition) is 1. The van der Waals surface area contributed by atoms with Gasteiger partial charge in [-0.1, -0.05) is 35.5 Å². The molecule has 0 bridgehead atoms. The van der Waals surface area contributed by atoms with Gasteiger partial charge in [0.25, 0.3) is 0 Å². The largest absolute Gasteiger partial charge is 0.302 e. The molecule has 1 heterocycles. The SMILES string of the molecule is Cc1cccc(C2=Nc3cc(S(=O)O)ccc3Sc3cc(F)ccc32)c1. The molecule has 0 saturated heterocycles. The summed E-state index contributed by atoms with van der Waals surface area (Å²) in [5.74, 6) is -0.309. The van der Waals surface area contributed by atoms with E-state index in [0.717, 1.165) is 32.2 Å². The Morgan fingerprint density at radius 2 is 1.88 bits per heavy atom. The van der Waals surface area contributed by atoms with Crippen LogP contribution in [0.1, 0.15) is 16.7 Å². The van der Waals surface area contributed by atoms with Gasteiger partial charge in [0.1, 0.15) is 5.82 Å². The second kappa shape index (κ2) is 6.79. The standard InChI is InChI=1S/C20H14FNO2S2/c1-12-3-2-4-13(9-12)20-16-7-5-14(21)10-19(16)25-18-8-6-15(26(23)24)11-17(18)22-20/h2-11H,1H3,(H,23,24). The van der Waals surface area contributed by atoms with Crippen molar-refractivity contribution >= 4 is 34.2 Å². The number of fused-ring (bicyclic) bond motifs is 2. The maximum Gasteiger partial charge on any atom is 0.186 e. The summed E-state index contributed by atoms with van der Waals surface area (Å²) < 4.78 is 34.7. The van der Waals surface area contributed by atoms with Crippen LogP contribution in [-0.4, -0.2) is 14.5 Å². The highest BCUT2D eigenvalue weighted by Crippen LogP contribution is 2.42. The van der Waals surface area contributed by atoms with Crippen molar-refractivity contribution in [3.05, 3.63) is 83.2 Å². The zero-order valence-electron chi connectivity index (χ0n) is 13.8. The minimum Gasteiger partial charge on any atom is -0.302 e. The van der Waals surface area contributed by atoms with E-state index in [2.05, 4.69) is 0 Å². The fourth-order valence-electron chi connectivity index (χ4n) is 2.87. The molecule has 0 aliphatic carbocycles. The molecule has 3 nitrogen and oxygen atoms in total. The molecule has 0 amide bonds. The maximum absolute atomic E-state index is 13.8. The first-order valence-corrected chi connectivity index (χ1v) is 9.82. The fraction of sp³-hybridized carbons (Fsp3) is 0.0500. The van der Waals surface area contributed by atoms with E-state index in [0.29, 0.717) is 5.69 Å². The Morgan fingerprint density at radius 1 is 1.04 bits per heavy atom. The number of nitrogens with zero attached hydrogens (tertiary/aromatic N) is 1. The molecule has 1 aliphatic heterocycles. The van der Waals surface area contributed by atoms with Crippen molar-refractivity contribution < 1.29 is 13.2 Å². The molecule has 3 aromatic carbocycles. The van der Waals surface area contributed by atoms with E-state index in [1.807, 2.05) is 31.2 Å². The molecule has 0 radical (unpaired) electrons. The van der Waals surface area contributed by atoms with Gasteiger partial charge in [-0.25, -0.2) is 13.6 Å². The second-order valence-electron chi connectivity index (χ2n) is 5.95. The topological polar surface area (TPSA) is 49.7 Å². The van der Waals surface area contributed by atoms with Gasteiger partial charge in [-0.3, -0.25) is 0 Å². The average molecular weight is 383 g/mol. The van der Waals surface area contributed by atoms with Crippen LogP contribution in [0.3, 0.4) is 0 Å². The third-order valence-corrected chi connectivity index (χ3v) is 5.85. The molecule has 26 heavy (non-hydrogen) atoms. The van der Waals surface area contributed by atoms with E-state index < -0.39 is 11.1 Å². The van der Waals surface area contributed by atoms with Crippen LogP contribution in [0.4, 0.5) is 10.1 Å². The van der Waals surface area contributed by atoms with Crippen LogP contribution in [0.25, 0.3) is 0 Å². The highest BCUT2D eigenvalue weighted by molar-refractivity contribution is 7.99. The van der Waals surface area contributed by atoms with E-state index in [4.69, 9.17) is 4.99 Å². The predicted octanol–water partition coefficient (Wildman–Crippen LogP) is 5.35. The van der Waals surface area contributed by atoms with E-state index in [1.165, 1.54) is 23.9 Å². The van der Waals surface area contributed by atoms with Gasteiger partial charge in [-0.2, -0.15) is 0 Å². The summed E-state index contributed by atoms with van der Waals surface area (Å²) in [5.41, 5.74) is 4.17. The van der Waals surface area contributed by atoms with Crippen molar-refractivity contribution in [3.8, 4) is 0 Å². The van der Waals surface area contributed by atoms with Crippen molar-refractivity contribution in [2.45, 2.75) is 21.6 Å².